The Hall–Kier alpha value is -1.77. The van der Waals surface area contributed by atoms with Gasteiger partial charge in [0.05, 0.1) is 5.25 Å². The number of carbonyl (C=O) groups is 2. The quantitative estimate of drug-likeness (QED) is 0.551. The van der Waals surface area contributed by atoms with E-state index in [4.69, 9.17) is 5.84 Å². The zero-order valence-corrected chi connectivity index (χ0v) is 14.4. The van der Waals surface area contributed by atoms with Gasteiger partial charge in [-0.2, -0.15) is 0 Å². The van der Waals surface area contributed by atoms with Crippen molar-refractivity contribution in [2.75, 3.05) is 12.4 Å². The zero-order chi connectivity index (χ0) is 16.8. The van der Waals surface area contributed by atoms with Gasteiger partial charge in [-0.25, -0.2) is 9.47 Å². The van der Waals surface area contributed by atoms with E-state index in [9.17, 15) is 9.59 Å². The molecule has 1 aliphatic rings. The molecule has 1 aromatic heterocycles. The number of nitrogens with one attached hydrogen (secondary N) is 2. The van der Waals surface area contributed by atoms with Crippen molar-refractivity contribution < 1.29 is 9.59 Å². The summed E-state index contributed by atoms with van der Waals surface area (Å²) < 4.78 is 1.48. The van der Waals surface area contributed by atoms with Crippen LogP contribution in [0.4, 0.5) is 4.79 Å². The highest BCUT2D eigenvalue weighted by molar-refractivity contribution is 8.00. The van der Waals surface area contributed by atoms with Crippen molar-refractivity contribution in [1.29, 1.82) is 0 Å². The molecule has 2 rings (SSSR count). The van der Waals surface area contributed by atoms with Crippen LogP contribution >= 0.6 is 11.8 Å². The highest BCUT2D eigenvalue weighted by Gasteiger charge is 2.25. The Kier molecular flexibility index (Phi) is 6.26. The van der Waals surface area contributed by atoms with Crippen molar-refractivity contribution in [3.05, 3.63) is 5.82 Å². The first-order valence-electron chi connectivity index (χ1n) is 7.98. The third kappa shape index (κ3) is 4.60. The van der Waals surface area contributed by atoms with E-state index in [1.165, 1.54) is 35.7 Å². The second-order valence-electron chi connectivity index (χ2n) is 5.65. The fourth-order valence-electron chi connectivity index (χ4n) is 2.64. The molecule has 9 heteroatoms. The van der Waals surface area contributed by atoms with Gasteiger partial charge in [0.2, 0.25) is 11.1 Å². The van der Waals surface area contributed by atoms with E-state index in [-0.39, 0.29) is 5.91 Å². The van der Waals surface area contributed by atoms with Gasteiger partial charge in [0.25, 0.3) is 0 Å². The molecule has 1 aliphatic carbocycles. The molecule has 0 radical (unpaired) electrons. The molecule has 1 saturated carbocycles. The standard InChI is InChI=1S/C14H24N6O2S/c1-3-16-13(22)17-12(21)9(2)23-14-19-18-11(20(14)15)10-7-5-4-6-8-10/h9-10H,3-8,15H2,1-2H3,(H2,16,17,21,22). The first-order chi connectivity index (χ1) is 11.0. The Labute approximate surface area is 139 Å². The third-order valence-electron chi connectivity index (χ3n) is 3.89. The van der Waals surface area contributed by atoms with Crippen molar-refractivity contribution in [2.45, 2.75) is 62.3 Å². The Morgan fingerprint density at radius 2 is 2.04 bits per heavy atom. The van der Waals surface area contributed by atoms with Gasteiger partial charge in [-0.3, -0.25) is 10.1 Å². The first-order valence-corrected chi connectivity index (χ1v) is 8.86. The molecule has 23 heavy (non-hydrogen) atoms. The second-order valence-corrected chi connectivity index (χ2v) is 6.96. The summed E-state index contributed by atoms with van der Waals surface area (Å²) in [5.74, 6) is 6.83. The summed E-state index contributed by atoms with van der Waals surface area (Å²) >= 11 is 1.20. The minimum atomic E-state index is -0.498. The minimum Gasteiger partial charge on any atom is -0.338 e. The highest BCUT2D eigenvalue weighted by Crippen LogP contribution is 2.32. The van der Waals surface area contributed by atoms with Crippen LogP contribution in [-0.2, 0) is 4.79 Å². The molecule has 1 atom stereocenters. The van der Waals surface area contributed by atoms with Crippen LogP contribution < -0.4 is 16.5 Å². The topological polar surface area (TPSA) is 115 Å². The fourth-order valence-corrected chi connectivity index (χ4v) is 3.42. The lowest BCUT2D eigenvalue weighted by Gasteiger charge is -2.20. The molecule has 0 saturated heterocycles. The maximum Gasteiger partial charge on any atom is 0.321 e. The molecular weight excluding hydrogens is 316 g/mol. The molecule has 0 spiro atoms. The Morgan fingerprint density at radius 3 is 2.70 bits per heavy atom. The molecule has 1 fully saturated rings. The van der Waals surface area contributed by atoms with Gasteiger partial charge in [-0.15, -0.1) is 10.2 Å². The summed E-state index contributed by atoms with van der Waals surface area (Å²) in [6.07, 6.45) is 5.78. The lowest BCUT2D eigenvalue weighted by Crippen LogP contribution is -2.42. The van der Waals surface area contributed by atoms with E-state index in [1.54, 1.807) is 13.8 Å². The number of amides is 3. The lowest BCUT2D eigenvalue weighted by molar-refractivity contribution is -0.119. The maximum atomic E-state index is 12.0. The Morgan fingerprint density at radius 1 is 1.35 bits per heavy atom. The Balaban J connectivity index is 1.95. The maximum absolute atomic E-state index is 12.0. The van der Waals surface area contributed by atoms with Crippen LogP contribution in [0.3, 0.4) is 0 Å². The SMILES string of the molecule is CCNC(=O)NC(=O)C(C)Sc1nnc(C2CCCCC2)n1N. The van der Waals surface area contributed by atoms with E-state index in [1.807, 2.05) is 0 Å². The fraction of sp³-hybridized carbons (Fsp3) is 0.714. The minimum absolute atomic E-state index is 0.343. The van der Waals surface area contributed by atoms with Crippen LogP contribution in [0.15, 0.2) is 5.16 Å². The third-order valence-corrected chi connectivity index (χ3v) is 4.94. The molecule has 1 aromatic rings. The van der Waals surface area contributed by atoms with E-state index >= 15 is 0 Å². The number of carbonyl (C=O) groups excluding carboxylic acids is 2. The molecule has 8 nitrogen and oxygen atoms in total. The average Bonchev–Trinajstić information content (AvgIpc) is 2.89. The molecule has 1 heterocycles. The van der Waals surface area contributed by atoms with Crippen LogP contribution in [0.5, 0.6) is 0 Å². The summed E-state index contributed by atoms with van der Waals surface area (Å²) in [5, 5.41) is 13.1. The number of rotatable bonds is 5. The number of urea groups is 1. The van der Waals surface area contributed by atoms with Crippen LogP contribution in [0.25, 0.3) is 0 Å². The van der Waals surface area contributed by atoms with E-state index in [0.717, 1.165) is 18.7 Å². The van der Waals surface area contributed by atoms with E-state index in [2.05, 4.69) is 20.8 Å². The molecular formula is C14H24N6O2S. The number of thioether (sulfide) groups is 1. The monoisotopic (exact) mass is 340 g/mol. The summed E-state index contributed by atoms with van der Waals surface area (Å²) in [5.41, 5.74) is 0. The summed E-state index contributed by atoms with van der Waals surface area (Å²) in [4.78, 5) is 23.3. The molecule has 4 N–H and O–H groups in total. The number of imide groups is 1. The van der Waals surface area contributed by atoms with Crippen molar-refractivity contribution >= 4 is 23.7 Å². The largest absolute Gasteiger partial charge is 0.338 e. The van der Waals surface area contributed by atoms with Crippen molar-refractivity contribution in [2.24, 2.45) is 0 Å². The number of nitrogens with two attached hydrogens (primary N) is 1. The molecule has 0 bridgehead atoms. The van der Waals surface area contributed by atoms with E-state index in [0.29, 0.717) is 17.6 Å². The van der Waals surface area contributed by atoms with Crippen LogP contribution in [0.1, 0.15) is 57.7 Å². The van der Waals surface area contributed by atoms with Crippen molar-refractivity contribution in [3.63, 3.8) is 0 Å². The van der Waals surface area contributed by atoms with Crippen molar-refractivity contribution in [1.82, 2.24) is 25.5 Å². The number of hydrogen-bond acceptors (Lipinski definition) is 6. The number of aromatic nitrogens is 3. The van der Waals surface area contributed by atoms with Gasteiger partial charge in [-0.05, 0) is 26.7 Å². The van der Waals surface area contributed by atoms with Crippen molar-refractivity contribution in [3.8, 4) is 0 Å². The zero-order valence-electron chi connectivity index (χ0n) is 13.5. The van der Waals surface area contributed by atoms with Crippen LogP contribution in [-0.4, -0.2) is 38.6 Å². The van der Waals surface area contributed by atoms with E-state index < -0.39 is 11.3 Å². The second kappa shape index (κ2) is 8.19. The van der Waals surface area contributed by atoms with Gasteiger partial charge >= 0.3 is 6.03 Å². The van der Waals surface area contributed by atoms with Gasteiger partial charge < -0.3 is 11.2 Å². The predicted octanol–water partition coefficient (Wildman–Crippen LogP) is 1.37. The van der Waals surface area contributed by atoms with Gasteiger partial charge in [0.1, 0.15) is 0 Å². The smallest absolute Gasteiger partial charge is 0.321 e. The molecule has 3 amide bonds. The molecule has 1 unspecified atom stereocenters. The first kappa shape index (κ1) is 17.6. The van der Waals surface area contributed by atoms with Gasteiger partial charge in [0, 0.05) is 12.5 Å². The summed E-state index contributed by atoms with van der Waals surface area (Å²) in [7, 11) is 0. The van der Waals surface area contributed by atoms with Gasteiger partial charge in [0.15, 0.2) is 5.82 Å². The Bertz CT molecular complexity index is 555. The number of nitrogens with zero attached hydrogens (tertiary/aromatic N) is 3. The average molecular weight is 340 g/mol. The van der Waals surface area contributed by atoms with Crippen LogP contribution in [0, 0.1) is 0 Å². The summed E-state index contributed by atoms with van der Waals surface area (Å²) in [6.45, 7) is 3.95. The van der Waals surface area contributed by atoms with Gasteiger partial charge in [-0.1, -0.05) is 31.0 Å². The normalized spacial score (nSPS) is 16.8. The number of nitrogen functional groups attached to an aromatic ring is 1. The molecule has 0 aromatic carbocycles. The number of hydrogen-bond donors (Lipinski definition) is 3. The summed E-state index contributed by atoms with van der Waals surface area (Å²) in [6, 6.07) is -0.498. The molecule has 0 aliphatic heterocycles. The molecule has 128 valence electrons. The van der Waals surface area contributed by atoms with Crippen LogP contribution in [0.2, 0.25) is 0 Å². The lowest BCUT2D eigenvalue weighted by atomic mass is 9.89. The predicted molar refractivity (Wildman–Crippen MR) is 88.5 cm³/mol. The highest BCUT2D eigenvalue weighted by atomic mass is 32.2.